The van der Waals surface area contributed by atoms with Crippen LogP contribution in [-0.4, -0.2) is 20.6 Å². The number of rotatable bonds is 4. The Hall–Kier alpha value is -2.70. The lowest BCUT2D eigenvalue weighted by atomic mass is 10.2. The highest BCUT2D eigenvalue weighted by molar-refractivity contribution is 5.94. The van der Waals surface area contributed by atoms with Crippen molar-refractivity contribution < 1.29 is 9.72 Å². The highest BCUT2D eigenvalue weighted by Crippen LogP contribution is 2.12. The van der Waals surface area contributed by atoms with Crippen molar-refractivity contribution in [2.75, 3.05) is 0 Å². The number of non-ortho nitro benzene ring substituents is 1. The summed E-state index contributed by atoms with van der Waals surface area (Å²) in [7, 11) is 1.81. The van der Waals surface area contributed by atoms with Gasteiger partial charge in [-0.1, -0.05) is 0 Å². The Bertz CT molecular complexity index is 646. The van der Waals surface area contributed by atoms with Crippen LogP contribution in [0.25, 0.3) is 0 Å². The molecule has 1 aromatic heterocycles. The Labute approximate surface area is 115 Å². The van der Waals surface area contributed by atoms with Crippen molar-refractivity contribution in [2.45, 2.75) is 13.5 Å². The van der Waals surface area contributed by atoms with Crippen molar-refractivity contribution in [2.24, 2.45) is 7.05 Å². The number of amides is 1. The second-order valence-electron chi connectivity index (χ2n) is 4.39. The maximum Gasteiger partial charge on any atom is 0.269 e. The summed E-state index contributed by atoms with van der Waals surface area (Å²) in [6.45, 7) is 2.23. The first-order valence-electron chi connectivity index (χ1n) is 5.99. The van der Waals surface area contributed by atoms with Crippen molar-refractivity contribution in [3.8, 4) is 0 Å². The molecule has 7 heteroatoms. The van der Waals surface area contributed by atoms with Gasteiger partial charge in [0.25, 0.3) is 11.6 Å². The first-order chi connectivity index (χ1) is 9.47. The average molecular weight is 274 g/mol. The molecule has 0 saturated heterocycles. The van der Waals surface area contributed by atoms with Gasteiger partial charge < -0.3 is 5.32 Å². The molecule has 0 radical (unpaired) electrons. The molecule has 1 amide bonds. The van der Waals surface area contributed by atoms with Crippen molar-refractivity contribution in [3.05, 3.63) is 57.4 Å². The minimum Gasteiger partial charge on any atom is -0.346 e. The molecule has 1 N–H and O–H groups in total. The van der Waals surface area contributed by atoms with E-state index in [4.69, 9.17) is 0 Å². The van der Waals surface area contributed by atoms with Gasteiger partial charge in [0.15, 0.2) is 0 Å². The zero-order chi connectivity index (χ0) is 14.7. The first kappa shape index (κ1) is 13.7. The van der Waals surface area contributed by atoms with E-state index in [1.165, 1.54) is 24.3 Å². The number of carbonyl (C=O) groups excluding carboxylic acids is 1. The van der Waals surface area contributed by atoms with E-state index >= 15 is 0 Å². The van der Waals surface area contributed by atoms with E-state index in [9.17, 15) is 14.9 Å². The van der Waals surface area contributed by atoms with Crippen molar-refractivity contribution in [3.63, 3.8) is 0 Å². The zero-order valence-electron chi connectivity index (χ0n) is 11.2. The summed E-state index contributed by atoms with van der Waals surface area (Å²) < 4.78 is 1.70. The van der Waals surface area contributed by atoms with E-state index in [2.05, 4.69) is 10.4 Å². The lowest BCUT2D eigenvalue weighted by Gasteiger charge is -2.05. The van der Waals surface area contributed by atoms with Crippen molar-refractivity contribution in [1.82, 2.24) is 15.1 Å². The summed E-state index contributed by atoms with van der Waals surface area (Å²) in [4.78, 5) is 21.9. The summed E-state index contributed by atoms with van der Waals surface area (Å²) in [5.74, 6) is -0.279. The molecule has 7 nitrogen and oxygen atoms in total. The van der Waals surface area contributed by atoms with Gasteiger partial charge in [-0.05, 0) is 25.1 Å². The van der Waals surface area contributed by atoms with Gasteiger partial charge >= 0.3 is 0 Å². The monoisotopic (exact) mass is 274 g/mol. The molecular weight excluding hydrogens is 260 g/mol. The number of nitro benzene ring substituents is 1. The van der Waals surface area contributed by atoms with E-state index in [1.54, 1.807) is 11.7 Å². The Morgan fingerprint density at radius 1 is 1.40 bits per heavy atom. The number of nitrogens with one attached hydrogen (secondary N) is 1. The van der Waals surface area contributed by atoms with Crippen LogP contribution in [0.1, 0.15) is 21.7 Å². The summed E-state index contributed by atoms with van der Waals surface area (Å²) in [6.07, 6.45) is 0. The van der Waals surface area contributed by atoms with Crippen molar-refractivity contribution in [1.29, 1.82) is 0 Å². The predicted molar refractivity (Wildman–Crippen MR) is 72.2 cm³/mol. The van der Waals surface area contributed by atoms with Crippen LogP contribution in [0.5, 0.6) is 0 Å². The zero-order valence-corrected chi connectivity index (χ0v) is 11.2. The number of aryl methyl sites for hydroxylation is 2. The maximum absolute atomic E-state index is 11.9. The lowest BCUT2D eigenvalue weighted by molar-refractivity contribution is -0.384. The summed E-state index contributed by atoms with van der Waals surface area (Å²) in [5.41, 5.74) is 2.11. The van der Waals surface area contributed by atoms with Gasteiger partial charge in [-0.2, -0.15) is 5.10 Å². The van der Waals surface area contributed by atoms with Gasteiger partial charge in [-0.25, -0.2) is 0 Å². The van der Waals surface area contributed by atoms with E-state index in [0.717, 1.165) is 11.4 Å². The number of hydrogen-bond donors (Lipinski definition) is 1. The maximum atomic E-state index is 11.9. The smallest absolute Gasteiger partial charge is 0.269 e. The van der Waals surface area contributed by atoms with E-state index in [1.807, 2.05) is 13.0 Å². The fourth-order valence-electron chi connectivity index (χ4n) is 1.84. The molecule has 0 atom stereocenters. The fraction of sp³-hybridized carbons (Fsp3) is 0.231. The number of nitrogens with zero attached hydrogens (tertiary/aromatic N) is 3. The molecule has 2 rings (SSSR count). The number of nitro groups is 1. The van der Waals surface area contributed by atoms with Gasteiger partial charge in [-0.3, -0.25) is 19.6 Å². The normalized spacial score (nSPS) is 10.3. The topological polar surface area (TPSA) is 90.1 Å². The predicted octanol–water partition coefficient (Wildman–Crippen LogP) is 1.57. The summed E-state index contributed by atoms with van der Waals surface area (Å²) in [6, 6.07) is 7.37. The number of carbonyl (C=O) groups is 1. The second kappa shape index (κ2) is 5.52. The minimum absolute atomic E-state index is 0.0381. The third-order valence-electron chi connectivity index (χ3n) is 2.87. The number of aromatic nitrogens is 2. The van der Waals surface area contributed by atoms with Gasteiger partial charge in [0.1, 0.15) is 0 Å². The lowest BCUT2D eigenvalue weighted by Crippen LogP contribution is -2.23. The van der Waals surface area contributed by atoms with Crippen LogP contribution in [-0.2, 0) is 13.6 Å². The first-order valence-corrected chi connectivity index (χ1v) is 5.99. The van der Waals surface area contributed by atoms with E-state index in [-0.39, 0.29) is 11.6 Å². The number of hydrogen-bond acceptors (Lipinski definition) is 4. The Morgan fingerprint density at radius 3 is 2.55 bits per heavy atom. The van der Waals surface area contributed by atoms with Crippen LogP contribution in [0.15, 0.2) is 30.3 Å². The molecule has 0 bridgehead atoms. The molecule has 20 heavy (non-hydrogen) atoms. The third kappa shape index (κ3) is 3.00. The standard InChI is InChI=1S/C13H14N4O3/c1-9-7-12(16(2)15-9)8-14-13(18)10-3-5-11(6-4-10)17(19)20/h3-7H,8H2,1-2H3,(H,14,18). The van der Waals surface area contributed by atoms with Gasteiger partial charge in [0, 0.05) is 24.7 Å². The molecule has 1 heterocycles. The SMILES string of the molecule is Cc1cc(CNC(=O)c2ccc([N+](=O)[O-])cc2)n(C)n1. The third-order valence-corrected chi connectivity index (χ3v) is 2.87. The van der Waals surface area contributed by atoms with E-state index < -0.39 is 4.92 Å². The summed E-state index contributed by atoms with van der Waals surface area (Å²) >= 11 is 0. The second-order valence-corrected chi connectivity index (χ2v) is 4.39. The quantitative estimate of drug-likeness (QED) is 0.676. The highest BCUT2D eigenvalue weighted by atomic mass is 16.6. The van der Waals surface area contributed by atoms with Crippen molar-refractivity contribution >= 4 is 11.6 Å². The average Bonchev–Trinajstić information content (AvgIpc) is 2.74. The van der Waals surface area contributed by atoms with Crippen LogP contribution in [0, 0.1) is 17.0 Å². The molecular formula is C13H14N4O3. The molecule has 0 aliphatic heterocycles. The number of benzene rings is 1. The molecule has 0 spiro atoms. The highest BCUT2D eigenvalue weighted by Gasteiger charge is 2.10. The van der Waals surface area contributed by atoms with E-state index in [0.29, 0.717) is 12.1 Å². The van der Waals surface area contributed by atoms with Crippen LogP contribution in [0.4, 0.5) is 5.69 Å². The molecule has 0 fully saturated rings. The fourth-order valence-corrected chi connectivity index (χ4v) is 1.84. The molecule has 1 aromatic carbocycles. The Morgan fingerprint density at radius 2 is 2.05 bits per heavy atom. The van der Waals surface area contributed by atoms with Gasteiger partial charge in [-0.15, -0.1) is 0 Å². The molecule has 0 aliphatic carbocycles. The molecule has 0 aliphatic rings. The molecule has 2 aromatic rings. The van der Waals surface area contributed by atoms with Crippen LogP contribution < -0.4 is 5.32 Å². The van der Waals surface area contributed by atoms with Crippen LogP contribution in [0.3, 0.4) is 0 Å². The minimum atomic E-state index is -0.500. The molecule has 0 unspecified atom stereocenters. The molecule has 104 valence electrons. The van der Waals surface area contributed by atoms with Crippen LogP contribution in [0.2, 0.25) is 0 Å². The Kier molecular flexibility index (Phi) is 3.79. The van der Waals surface area contributed by atoms with Gasteiger partial charge in [0.2, 0.25) is 0 Å². The van der Waals surface area contributed by atoms with Gasteiger partial charge in [0.05, 0.1) is 22.9 Å². The van der Waals surface area contributed by atoms with Crippen LogP contribution >= 0.6 is 0 Å². The molecule has 0 saturated carbocycles. The Balaban J connectivity index is 2.01. The largest absolute Gasteiger partial charge is 0.346 e. The summed E-state index contributed by atoms with van der Waals surface area (Å²) in [5, 5.41) is 17.5.